The molecule has 2 aromatic rings. The Morgan fingerprint density at radius 2 is 1.00 bits per heavy atom. The molecule has 5 nitrogen and oxygen atoms in total. The molecule has 0 saturated carbocycles. The molecule has 2 aromatic carbocycles. The third kappa shape index (κ3) is 7.46. The molecular weight excluding hydrogens is 342 g/mol. The number of ketones is 1. The molecule has 0 unspecified atom stereocenters. The summed E-state index contributed by atoms with van der Waals surface area (Å²) in [5, 5.41) is 0. The maximum atomic E-state index is 11.6. The van der Waals surface area contributed by atoms with E-state index in [0.717, 1.165) is 0 Å². The van der Waals surface area contributed by atoms with Crippen molar-refractivity contribution in [2.24, 2.45) is 0 Å². The van der Waals surface area contributed by atoms with Gasteiger partial charge in [-0.3, -0.25) is 4.79 Å². The number of esters is 2. The van der Waals surface area contributed by atoms with Crippen molar-refractivity contribution in [1.82, 2.24) is 0 Å². The number of carbonyl (C=O) groups excluding carboxylic acids is 3. The van der Waals surface area contributed by atoms with E-state index in [-0.39, 0.29) is 56.1 Å². The average Bonchev–Trinajstić information content (AvgIpc) is 2.59. The van der Waals surface area contributed by atoms with Gasteiger partial charge in [0.15, 0.2) is 13.2 Å². The summed E-state index contributed by atoms with van der Waals surface area (Å²) in [4.78, 5) is 34.8. The van der Waals surface area contributed by atoms with Gasteiger partial charge >= 0.3 is 63.3 Å². The molecule has 2 rings (SSSR count). The summed E-state index contributed by atoms with van der Waals surface area (Å²) in [7, 11) is 0. The van der Waals surface area contributed by atoms with Crippen LogP contribution in [0.25, 0.3) is 0 Å². The van der Waals surface area contributed by atoms with Gasteiger partial charge in [0.25, 0.3) is 0 Å². The summed E-state index contributed by atoms with van der Waals surface area (Å²) >= 11 is 0. The Labute approximate surface area is 181 Å². The second kappa shape index (κ2) is 12.0. The van der Waals surface area contributed by atoms with Crippen LogP contribution in [0.1, 0.15) is 20.7 Å². The number of carbonyl (C=O) groups is 3. The molecule has 0 fully saturated rings. The van der Waals surface area contributed by atoms with E-state index in [0.29, 0.717) is 11.1 Å². The second-order valence-electron chi connectivity index (χ2n) is 4.42. The third-order valence-electron chi connectivity index (χ3n) is 2.75. The normalized spacial score (nSPS) is 9.00. The molecule has 0 aliphatic carbocycles. The molecule has 0 heterocycles. The Bertz CT molecular complexity index is 604. The van der Waals surface area contributed by atoms with Crippen LogP contribution in [0.5, 0.6) is 0 Å². The van der Waals surface area contributed by atoms with Crippen LogP contribution in [0.2, 0.25) is 0 Å². The fourth-order valence-corrected chi connectivity index (χ4v) is 1.65. The van der Waals surface area contributed by atoms with E-state index in [9.17, 15) is 14.4 Å². The molecule has 0 saturated heterocycles. The first-order valence-electron chi connectivity index (χ1n) is 6.63. The molecule has 0 bridgehead atoms. The number of Topliss-reactive ketones (excluding diaryl/α,β-unsaturated/α-hetero) is 1. The number of halogens is 1. The molecule has 24 heavy (non-hydrogen) atoms. The molecule has 0 aromatic heterocycles. The summed E-state index contributed by atoms with van der Waals surface area (Å²) in [5.74, 6) is -1.68. The van der Waals surface area contributed by atoms with E-state index < -0.39 is 30.9 Å². The first-order valence-corrected chi connectivity index (χ1v) is 6.63. The Morgan fingerprint density at radius 1 is 0.667 bits per heavy atom. The largest absolute Gasteiger partial charge is 1.00 e. The monoisotopic (exact) mass is 356 g/mol. The number of benzene rings is 2. The van der Waals surface area contributed by atoms with Gasteiger partial charge < -0.3 is 14.2 Å². The van der Waals surface area contributed by atoms with Crippen LogP contribution in [0.15, 0.2) is 60.7 Å². The first-order chi connectivity index (χ1) is 10.7. The summed E-state index contributed by atoms with van der Waals surface area (Å²) in [6.45, 7) is -0.869. The number of hydrogen-bond acceptors (Lipinski definition) is 5. The van der Waals surface area contributed by atoms with Crippen molar-refractivity contribution in [3.63, 3.8) is 0 Å². The van der Waals surface area contributed by atoms with Crippen molar-refractivity contribution >= 4 is 17.7 Å². The predicted octanol–water partition coefficient (Wildman–Crippen LogP) is -3.72. The summed E-state index contributed by atoms with van der Waals surface area (Å²) in [6.07, 6.45) is 0. The summed E-state index contributed by atoms with van der Waals surface area (Å²) < 4.78 is 9.70. The van der Waals surface area contributed by atoms with Crippen LogP contribution in [-0.2, 0) is 14.3 Å². The average molecular weight is 356 g/mol. The predicted molar refractivity (Wildman–Crippen MR) is 78.5 cm³/mol. The smallest absolute Gasteiger partial charge is 1.00 e. The Hall–Kier alpha value is -1.38. The SMILES string of the molecule is O=C(COC(=O)c1ccccc1)COC(=O)c1ccccc1.[F-].[K+]. The van der Waals surface area contributed by atoms with E-state index >= 15 is 0 Å². The van der Waals surface area contributed by atoms with Gasteiger partial charge in [-0.1, -0.05) is 36.4 Å². The number of ether oxygens (including phenoxy) is 2. The molecule has 0 spiro atoms. The molecule has 120 valence electrons. The van der Waals surface area contributed by atoms with Crippen molar-refractivity contribution in [2.45, 2.75) is 0 Å². The van der Waals surface area contributed by atoms with Crippen molar-refractivity contribution in [1.29, 1.82) is 0 Å². The van der Waals surface area contributed by atoms with Crippen LogP contribution in [-0.4, -0.2) is 30.9 Å². The van der Waals surface area contributed by atoms with Crippen LogP contribution in [0, 0.1) is 0 Å². The zero-order valence-electron chi connectivity index (χ0n) is 13.1. The maximum absolute atomic E-state index is 11.6. The molecule has 0 atom stereocenters. The molecule has 7 heteroatoms. The minimum absolute atomic E-state index is 0. The van der Waals surface area contributed by atoms with Crippen molar-refractivity contribution < 1.29 is 79.9 Å². The fourth-order valence-electron chi connectivity index (χ4n) is 1.65. The minimum atomic E-state index is -0.594. The van der Waals surface area contributed by atoms with E-state index in [1.165, 1.54) is 0 Å². The second-order valence-corrected chi connectivity index (χ2v) is 4.42. The quantitative estimate of drug-likeness (QED) is 0.393. The first kappa shape index (κ1) is 22.6. The maximum Gasteiger partial charge on any atom is 1.00 e. The van der Waals surface area contributed by atoms with Gasteiger partial charge in [0.1, 0.15) is 0 Å². The topological polar surface area (TPSA) is 69.7 Å². The Kier molecular flexibility index (Phi) is 11.4. The van der Waals surface area contributed by atoms with Gasteiger partial charge in [-0.25, -0.2) is 9.59 Å². The molecule has 0 N–H and O–H groups in total. The zero-order chi connectivity index (χ0) is 15.8. The van der Waals surface area contributed by atoms with Gasteiger partial charge in [0, 0.05) is 0 Å². The Morgan fingerprint density at radius 3 is 1.33 bits per heavy atom. The minimum Gasteiger partial charge on any atom is -1.00 e. The summed E-state index contributed by atoms with van der Waals surface area (Å²) in [6, 6.07) is 16.7. The Balaban J connectivity index is 0.00000264. The fraction of sp³-hybridized carbons (Fsp3) is 0.118. The van der Waals surface area contributed by atoms with Crippen molar-refractivity contribution in [3.8, 4) is 0 Å². The molecule has 0 aliphatic heterocycles. The van der Waals surface area contributed by atoms with Crippen molar-refractivity contribution in [2.75, 3.05) is 13.2 Å². The van der Waals surface area contributed by atoms with Gasteiger partial charge in [0.2, 0.25) is 5.78 Å². The van der Waals surface area contributed by atoms with Gasteiger partial charge in [-0.15, -0.1) is 0 Å². The van der Waals surface area contributed by atoms with Crippen LogP contribution < -0.4 is 56.1 Å². The van der Waals surface area contributed by atoms with E-state index in [4.69, 9.17) is 9.47 Å². The van der Waals surface area contributed by atoms with Crippen LogP contribution in [0.4, 0.5) is 0 Å². The van der Waals surface area contributed by atoms with Gasteiger partial charge in [-0.2, -0.15) is 0 Å². The van der Waals surface area contributed by atoms with Crippen LogP contribution >= 0.6 is 0 Å². The van der Waals surface area contributed by atoms with Crippen LogP contribution in [0.3, 0.4) is 0 Å². The summed E-state index contributed by atoms with van der Waals surface area (Å²) in [5.41, 5.74) is 0.716. The number of hydrogen-bond donors (Lipinski definition) is 0. The van der Waals surface area contributed by atoms with Gasteiger partial charge in [0.05, 0.1) is 11.1 Å². The van der Waals surface area contributed by atoms with E-state index in [1.807, 2.05) is 0 Å². The molecule has 0 amide bonds. The van der Waals surface area contributed by atoms with E-state index in [2.05, 4.69) is 0 Å². The third-order valence-corrected chi connectivity index (χ3v) is 2.75. The standard InChI is InChI=1S/C17H14O5.FH.K/c18-15(11-21-16(19)13-7-3-1-4-8-13)12-22-17(20)14-9-5-2-6-10-14;;/h1-10H,11-12H2;1H;/q;;+1/p-1. The molecular formula is C17H14FKO5. The molecule has 0 aliphatic rings. The van der Waals surface area contributed by atoms with Gasteiger partial charge in [-0.05, 0) is 24.3 Å². The van der Waals surface area contributed by atoms with Crippen molar-refractivity contribution in [3.05, 3.63) is 71.8 Å². The number of rotatable bonds is 6. The van der Waals surface area contributed by atoms with E-state index in [1.54, 1.807) is 60.7 Å². The molecule has 0 radical (unpaired) electrons. The zero-order valence-corrected chi connectivity index (χ0v) is 16.2.